The van der Waals surface area contributed by atoms with Crippen molar-refractivity contribution in [2.45, 2.75) is 27.7 Å². The van der Waals surface area contributed by atoms with E-state index in [9.17, 15) is 0 Å². The quantitative estimate of drug-likeness (QED) is 0.151. The second-order valence-corrected chi connectivity index (χ2v) is 14.2. The number of rotatable bonds is 7. The van der Waals surface area contributed by atoms with Crippen LogP contribution in [0.2, 0.25) is 0 Å². The normalized spacial score (nSPS) is 11.7. The first-order valence-corrected chi connectivity index (χ1v) is 18.4. The SMILES string of the molecule is Cc1ccc(C(=Cc2ccc3c(c2)C=Cc2ccc(C=C(c4ccc(C)cc4)c4ccc(C)cc4)cc2N3c2ccccc2)c2ccc(C)cc2)cc1. The average molecular weight is 682 g/mol. The van der Waals surface area contributed by atoms with Crippen molar-refractivity contribution in [3.8, 4) is 0 Å². The third-order valence-electron chi connectivity index (χ3n) is 10.1. The summed E-state index contributed by atoms with van der Waals surface area (Å²) in [6.07, 6.45) is 9.19. The molecule has 0 radical (unpaired) electrons. The van der Waals surface area contributed by atoms with Gasteiger partial charge < -0.3 is 4.90 Å². The van der Waals surface area contributed by atoms with Crippen molar-refractivity contribution in [2.75, 3.05) is 4.90 Å². The van der Waals surface area contributed by atoms with Crippen LogP contribution in [0.4, 0.5) is 17.1 Å². The molecule has 53 heavy (non-hydrogen) atoms. The lowest BCUT2D eigenvalue weighted by atomic mass is 9.94. The maximum atomic E-state index is 2.41. The minimum absolute atomic E-state index is 1.13. The standard InChI is InChI=1S/C52H43N/c1-36-10-20-42(21-11-36)49(43-22-12-37(2)13-23-43)33-40-19-31-51-47(32-40)30-29-46-28-18-41(35-52(46)53(51)48-8-6-5-7-9-48)34-50(44-24-14-38(3)15-25-44)45-26-16-39(4)17-27-45/h5-35H,1-4H3. The lowest BCUT2D eigenvalue weighted by Crippen LogP contribution is -2.12. The molecule has 1 nitrogen and oxygen atoms in total. The number of para-hydroxylation sites is 1. The largest absolute Gasteiger partial charge is 0.309 e. The Labute approximate surface area is 314 Å². The summed E-state index contributed by atoms with van der Waals surface area (Å²) in [5.41, 5.74) is 20.3. The molecule has 1 heterocycles. The number of hydrogen-bond acceptors (Lipinski definition) is 1. The average Bonchev–Trinajstić information content (AvgIpc) is 3.34. The summed E-state index contributed by atoms with van der Waals surface area (Å²) >= 11 is 0. The Hall–Kier alpha value is -6.44. The van der Waals surface area contributed by atoms with E-state index in [1.165, 1.54) is 66.8 Å². The predicted octanol–water partition coefficient (Wildman–Crippen LogP) is 14.1. The first-order valence-electron chi connectivity index (χ1n) is 18.4. The minimum Gasteiger partial charge on any atom is -0.309 e. The zero-order valence-corrected chi connectivity index (χ0v) is 30.8. The Kier molecular flexibility index (Phi) is 9.32. The highest BCUT2D eigenvalue weighted by atomic mass is 15.1. The van der Waals surface area contributed by atoms with E-state index in [1.54, 1.807) is 0 Å². The summed E-state index contributed by atoms with van der Waals surface area (Å²) in [5, 5.41) is 0. The fraction of sp³-hybridized carbons (Fsp3) is 0.0769. The van der Waals surface area contributed by atoms with Gasteiger partial charge in [0.1, 0.15) is 0 Å². The molecule has 0 unspecified atom stereocenters. The number of aryl methyl sites for hydroxylation is 4. The number of fused-ring (bicyclic) bond motifs is 2. The molecule has 7 aromatic rings. The molecule has 1 aliphatic rings. The third-order valence-corrected chi connectivity index (χ3v) is 10.1. The van der Waals surface area contributed by atoms with E-state index in [1.807, 2.05) is 0 Å². The fourth-order valence-electron chi connectivity index (χ4n) is 7.08. The Morgan fingerprint density at radius 2 is 0.792 bits per heavy atom. The van der Waals surface area contributed by atoms with Gasteiger partial charge in [0.25, 0.3) is 0 Å². The van der Waals surface area contributed by atoms with Gasteiger partial charge in [0, 0.05) is 5.69 Å². The molecule has 0 saturated carbocycles. The van der Waals surface area contributed by atoms with Gasteiger partial charge in [-0.2, -0.15) is 0 Å². The molecule has 0 bridgehead atoms. The number of benzene rings is 7. The van der Waals surface area contributed by atoms with E-state index in [-0.39, 0.29) is 0 Å². The van der Waals surface area contributed by atoms with Gasteiger partial charge in [0.15, 0.2) is 0 Å². The van der Waals surface area contributed by atoms with Crippen LogP contribution < -0.4 is 4.90 Å². The summed E-state index contributed by atoms with van der Waals surface area (Å²) in [5.74, 6) is 0. The van der Waals surface area contributed by atoms with E-state index >= 15 is 0 Å². The molecule has 0 spiro atoms. The van der Waals surface area contributed by atoms with Crippen molar-refractivity contribution < 1.29 is 0 Å². The van der Waals surface area contributed by atoms with Crippen LogP contribution in [0, 0.1) is 27.7 Å². The molecule has 0 saturated heterocycles. The van der Waals surface area contributed by atoms with Gasteiger partial charge in [-0.3, -0.25) is 0 Å². The zero-order valence-electron chi connectivity index (χ0n) is 30.8. The van der Waals surface area contributed by atoms with Crippen molar-refractivity contribution in [3.05, 3.63) is 231 Å². The van der Waals surface area contributed by atoms with Gasteiger partial charge in [0.2, 0.25) is 0 Å². The van der Waals surface area contributed by atoms with Crippen LogP contribution in [0.3, 0.4) is 0 Å². The molecule has 1 aliphatic heterocycles. The van der Waals surface area contributed by atoms with Crippen LogP contribution in [0.25, 0.3) is 35.5 Å². The topological polar surface area (TPSA) is 3.24 Å². The van der Waals surface area contributed by atoms with Crippen molar-refractivity contribution in [2.24, 2.45) is 0 Å². The lowest BCUT2D eigenvalue weighted by molar-refractivity contribution is 1.27. The third kappa shape index (κ3) is 7.34. The van der Waals surface area contributed by atoms with Crippen LogP contribution in [0.5, 0.6) is 0 Å². The molecule has 7 aromatic carbocycles. The maximum Gasteiger partial charge on any atom is 0.0540 e. The molecular formula is C52H43N. The number of nitrogens with zero attached hydrogens (tertiary/aromatic N) is 1. The zero-order chi connectivity index (χ0) is 36.3. The number of anilines is 3. The smallest absolute Gasteiger partial charge is 0.0540 e. The minimum atomic E-state index is 1.13. The van der Waals surface area contributed by atoms with Crippen molar-refractivity contribution >= 4 is 52.5 Å². The lowest BCUT2D eigenvalue weighted by Gasteiger charge is -2.28. The molecule has 0 amide bonds. The molecule has 1 heteroatoms. The summed E-state index contributed by atoms with van der Waals surface area (Å²) < 4.78 is 0. The van der Waals surface area contributed by atoms with Gasteiger partial charge in [0.05, 0.1) is 11.4 Å². The van der Waals surface area contributed by atoms with E-state index in [4.69, 9.17) is 0 Å². The Morgan fingerprint density at radius 3 is 1.26 bits per heavy atom. The molecule has 256 valence electrons. The summed E-state index contributed by atoms with van der Waals surface area (Å²) in [7, 11) is 0. The summed E-state index contributed by atoms with van der Waals surface area (Å²) in [6.45, 7) is 8.56. The molecule has 0 N–H and O–H groups in total. The van der Waals surface area contributed by atoms with Crippen LogP contribution in [0.1, 0.15) is 66.8 Å². The van der Waals surface area contributed by atoms with Crippen molar-refractivity contribution in [1.29, 1.82) is 0 Å². The van der Waals surface area contributed by atoms with Crippen LogP contribution >= 0.6 is 0 Å². The fourth-order valence-corrected chi connectivity index (χ4v) is 7.08. The maximum absolute atomic E-state index is 2.41. The molecular weight excluding hydrogens is 639 g/mol. The first kappa shape index (κ1) is 33.7. The summed E-state index contributed by atoms with van der Waals surface area (Å²) in [6, 6.07) is 59.8. The Bertz CT molecular complexity index is 2380. The highest BCUT2D eigenvalue weighted by Crippen LogP contribution is 2.43. The van der Waals surface area contributed by atoms with Crippen LogP contribution in [-0.4, -0.2) is 0 Å². The van der Waals surface area contributed by atoms with Gasteiger partial charge in [-0.05, 0) is 126 Å². The monoisotopic (exact) mass is 681 g/mol. The number of hydrogen-bond donors (Lipinski definition) is 0. The second-order valence-electron chi connectivity index (χ2n) is 14.2. The van der Waals surface area contributed by atoms with Gasteiger partial charge in [-0.15, -0.1) is 0 Å². The molecule has 0 aromatic heterocycles. The molecule has 0 fully saturated rings. The van der Waals surface area contributed by atoms with E-state index in [0.717, 1.165) is 28.2 Å². The predicted molar refractivity (Wildman–Crippen MR) is 229 cm³/mol. The van der Waals surface area contributed by atoms with Crippen LogP contribution in [0.15, 0.2) is 164 Å². The van der Waals surface area contributed by atoms with Gasteiger partial charge in [-0.25, -0.2) is 0 Å². The van der Waals surface area contributed by atoms with Crippen molar-refractivity contribution in [1.82, 2.24) is 0 Å². The summed E-state index contributed by atoms with van der Waals surface area (Å²) in [4.78, 5) is 2.41. The molecule has 0 aliphatic carbocycles. The van der Waals surface area contributed by atoms with E-state index < -0.39 is 0 Å². The highest BCUT2D eigenvalue weighted by molar-refractivity contribution is 5.98. The van der Waals surface area contributed by atoms with E-state index in [2.05, 4.69) is 221 Å². The van der Waals surface area contributed by atoms with Gasteiger partial charge >= 0.3 is 0 Å². The van der Waals surface area contributed by atoms with Gasteiger partial charge in [-0.1, -0.05) is 168 Å². The molecule has 0 atom stereocenters. The Morgan fingerprint density at radius 1 is 0.377 bits per heavy atom. The van der Waals surface area contributed by atoms with Crippen LogP contribution in [-0.2, 0) is 0 Å². The first-order chi connectivity index (χ1) is 25.9. The van der Waals surface area contributed by atoms with E-state index in [0.29, 0.717) is 0 Å². The molecule has 8 rings (SSSR count). The second kappa shape index (κ2) is 14.7. The van der Waals surface area contributed by atoms with Crippen molar-refractivity contribution in [3.63, 3.8) is 0 Å². The highest BCUT2D eigenvalue weighted by Gasteiger charge is 2.21. The Balaban J connectivity index is 1.25.